The number of aryl methyl sites for hydroxylation is 1. The molecule has 1 aliphatic carbocycles. The van der Waals surface area contributed by atoms with Crippen LogP contribution in [0.15, 0.2) is 6.20 Å². The molecule has 1 saturated carbocycles. The quantitative estimate of drug-likeness (QED) is 0.860. The third-order valence-electron chi connectivity index (χ3n) is 4.01. The van der Waals surface area contributed by atoms with Gasteiger partial charge in [0.05, 0.1) is 6.61 Å². The molecule has 1 aliphatic heterocycles. The van der Waals surface area contributed by atoms with Crippen molar-refractivity contribution in [2.45, 2.75) is 45.2 Å². The summed E-state index contributed by atoms with van der Waals surface area (Å²) in [6, 6.07) is 1.21. The van der Waals surface area contributed by atoms with Crippen LogP contribution < -0.4 is 10.1 Å². The van der Waals surface area contributed by atoms with E-state index in [1.54, 1.807) is 0 Å². The maximum absolute atomic E-state index is 5.72. The van der Waals surface area contributed by atoms with Crippen LogP contribution in [0, 0.1) is 12.8 Å². The predicted molar refractivity (Wildman–Crippen MR) is 75.7 cm³/mol. The molecule has 2 fully saturated rings. The van der Waals surface area contributed by atoms with E-state index >= 15 is 0 Å². The maximum atomic E-state index is 5.72. The lowest BCUT2D eigenvalue weighted by molar-refractivity contribution is 0.0482. The van der Waals surface area contributed by atoms with Crippen LogP contribution in [0.5, 0.6) is 6.01 Å². The van der Waals surface area contributed by atoms with Crippen LogP contribution in [-0.4, -0.2) is 35.8 Å². The molecule has 0 amide bonds. The van der Waals surface area contributed by atoms with Crippen molar-refractivity contribution in [1.82, 2.24) is 15.3 Å². The summed E-state index contributed by atoms with van der Waals surface area (Å²) in [5.74, 6) is 0.573. The molecule has 1 aromatic rings. The number of nitrogens with one attached hydrogen (secondary N) is 1. The molecule has 5 heteroatoms. The first kappa shape index (κ1) is 13.8. The second-order valence-electron chi connectivity index (χ2n) is 5.79. The van der Waals surface area contributed by atoms with Gasteiger partial charge >= 0.3 is 6.01 Å². The van der Waals surface area contributed by atoms with E-state index in [-0.39, 0.29) is 0 Å². The Morgan fingerprint density at radius 3 is 2.80 bits per heavy atom. The van der Waals surface area contributed by atoms with Crippen molar-refractivity contribution in [2.24, 2.45) is 5.92 Å². The molecule has 0 atom stereocenters. The fourth-order valence-electron chi connectivity index (χ4n) is 2.36. The summed E-state index contributed by atoms with van der Waals surface area (Å²) in [4.78, 5) is 8.77. The zero-order valence-corrected chi connectivity index (χ0v) is 12.1. The van der Waals surface area contributed by atoms with Crippen LogP contribution in [0.3, 0.4) is 0 Å². The molecule has 20 heavy (non-hydrogen) atoms. The summed E-state index contributed by atoms with van der Waals surface area (Å²) < 4.78 is 11.1. The summed E-state index contributed by atoms with van der Waals surface area (Å²) in [5, 5.41) is 3.48. The van der Waals surface area contributed by atoms with Gasteiger partial charge in [-0.15, -0.1) is 0 Å². The molecule has 0 spiro atoms. The van der Waals surface area contributed by atoms with Crippen LogP contribution in [-0.2, 0) is 11.3 Å². The van der Waals surface area contributed by atoms with Gasteiger partial charge < -0.3 is 14.8 Å². The van der Waals surface area contributed by atoms with E-state index in [0.29, 0.717) is 24.6 Å². The average Bonchev–Trinajstić information content (AvgIpc) is 3.29. The number of hydrogen-bond acceptors (Lipinski definition) is 5. The number of nitrogens with zero attached hydrogens (tertiary/aromatic N) is 2. The number of rotatable bonds is 6. The summed E-state index contributed by atoms with van der Waals surface area (Å²) in [7, 11) is 0. The molecule has 1 saturated heterocycles. The monoisotopic (exact) mass is 277 g/mol. The van der Waals surface area contributed by atoms with E-state index in [1.807, 2.05) is 13.1 Å². The summed E-state index contributed by atoms with van der Waals surface area (Å²) in [6.45, 7) is 5.27. The summed E-state index contributed by atoms with van der Waals surface area (Å²) in [6.07, 6.45) is 6.63. The van der Waals surface area contributed by atoms with Gasteiger partial charge in [-0.2, -0.15) is 0 Å². The third kappa shape index (κ3) is 3.90. The maximum Gasteiger partial charge on any atom is 0.316 e. The van der Waals surface area contributed by atoms with E-state index in [2.05, 4.69) is 15.3 Å². The molecule has 2 aliphatic rings. The zero-order valence-electron chi connectivity index (χ0n) is 12.1. The van der Waals surface area contributed by atoms with Crippen molar-refractivity contribution in [3.63, 3.8) is 0 Å². The number of ether oxygens (including phenoxy) is 2. The number of hydrogen-bond donors (Lipinski definition) is 1. The van der Waals surface area contributed by atoms with E-state index in [9.17, 15) is 0 Å². The van der Waals surface area contributed by atoms with E-state index in [0.717, 1.165) is 43.9 Å². The zero-order chi connectivity index (χ0) is 13.8. The molecule has 0 radical (unpaired) electrons. The molecule has 5 nitrogen and oxygen atoms in total. The molecular weight excluding hydrogens is 254 g/mol. The highest BCUT2D eigenvalue weighted by Gasteiger charge is 2.20. The van der Waals surface area contributed by atoms with Crippen molar-refractivity contribution in [3.05, 3.63) is 17.5 Å². The normalized spacial score (nSPS) is 20.1. The first-order chi connectivity index (χ1) is 9.81. The van der Waals surface area contributed by atoms with Crippen molar-refractivity contribution < 1.29 is 9.47 Å². The van der Waals surface area contributed by atoms with Gasteiger partial charge in [-0.1, -0.05) is 0 Å². The van der Waals surface area contributed by atoms with Gasteiger partial charge in [0.2, 0.25) is 0 Å². The summed E-state index contributed by atoms with van der Waals surface area (Å²) >= 11 is 0. The molecule has 110 valence electrons. The fraction of sp³-hybridized carbons (Fsp3) is 0.733. The van der Waals surface area contributed by atoms with E-state index in [4.69, 9.17) is 9.47 Å². The minimum Gasteiger partial charge on any atom is -0.463 e. The van der Waals surface area contributed by atoms with E-state index in [1.165, 1.54) is 12.8 Å². The lowest BCUT2D eigenvalue weighted by Crippen LogP contribution is -2.22. The van der Waals surface area contributed by atoms with Crippen LogP contribution in [0.1, 0.15) is 36.9 Å². The Morgan fingerprint density at radius 2 is 2.10 bits per heavy atom. The highest BCUT2D eigenvalue weighted by atomic mass is 16.5. The van der Waals surface area contributed by atoms with Crippen molar-refractivity contribution >= 4 is 0 Å². The van der Waals surface area contributed by atoms with E-state index < -0.39 is 0 Å². The highest BCUT2D eigenvalue weighted by molar-refractivity contribution is 5.18. The van der Waals surface area contributed by atoms with Crippen LogP contribution in [0.4, 0.5) is 0 Å². The number of aromatic nitrogens is 2. The van der Waals surface area contributed by atoms with Crippen molar-refractivity contribution in [3.8, 4) is 6.01 Å². The lowest BCUT2D eigenvalue weighted by atomic mass is 10.0. The summed E-state index contributed by atoms with van der Waals surface area (Å²) in [5.41, 5.74) is 2.17. The molecule has 0 aromatic carbocycles. The standard InChI is InChI=1S/C15H23N3O2/c1-11-13(8-16-14-2-3-14)9-17-15(18-11)20-10-12-4-6-19-7-5-12/h9,12,14,16H,2-8,10H2,1H3. The Balaban J connectivity index is 1.49. The molecule has 1 aromatic heterocycles. The van der Waals surface area contributed by atoms with Gasteiger partial charge in [-0.25, -0.2) is 9.97 Å². The first-order valence-electron chi connectivity index (χ1n) is 7.57. The Bertz CT molecular complexity index is 443. The SMILES string of the molecule is Cc1nc(OCC2CCOCC2)ncc1CNC1CC1. The van der Waals surface area contributed by atoms with Gasteiger partial charge in [0.25, 0.3) is 0 Å². The van der Waals surface area contributed by atoms with Crippen LogP contribution in [0.25, 0.3) is 0 Å². The second kappa shape index (κ2) is 6.50. The minimum absolute atomic E-state index is 0.504. The Kier molecular flexibility index (Phi) is 4.47. The minimum atomic E-state index is 0.504. The molecule has 1 N–H and O–H groups in total. The Morgan fingerprint density at radius 1 is 1.30 bits per heavy atom. The topological polar surface area (TPSA) is 56.3 Å². The highest BCUT2D eigenvalue weighted by Crippen LogP contribution is 2.20. The lowest BCUT2D eigenvalue weighted by Gasteiger charge is -2.21. The molecule has 0 bridgehead atoms. The predicted octanol–water partition coefficient (Wildman–Crippen LogP) is 1.84. The molecule has 0 unspecified atom stereocenters. The largest absolute Gasteiger partial charge is 0.463 e. The average molecular weight is 277 g/mol. The van der Waals surface area contributed by atoms with Gasteiger partial charge in [0.1, 0.15) is 0 Å². The Labute approximate surface area is 120 Å². The second-order valence-corrected chi connectivity index (χ2v) is 5.79. The van der Waals surface area contributed by atoms with Crippen LogP contribution >= 0.6 is 0 Å². The molecule has 2 heterocycles. The van der Waals surface area contributed by atoms with Crippen LogP contribution in [0.2, 0.25) is 0 Å². The van der Waals surface area contributed by atoms with Crippen molar-refractivity contribution in [1.29, 1.82) is 0 Å². The van der Waals surface area contributed by atoms with Gasteiger partial charge in [-0.05, 0) is 38.5 Å². The van der Waals surface area contributed by atoms with Gasteiger partial charge in [0, 0.05) is 43.3 Å². The first-order valence-corrected chi connectivity index (χ1v) is 7.57. The fourth-order valence-corrected chi connectivity index (χ4v) is 2.36. The Hall–Kier alpha value is -1.20. The van der Waals surface area contributed by atoms with Crippen molar-refractivity contribution in [2.75, 3.05) is 19.8 Å². The van der Waals surface area contributed by atoms with Gasteiger partial charge in [-0.3, -0.25) is 0 Å². The molecule has 3 rings (SSSR count). The molecular formula is C15H23N3O2. The van der Waals surface area contributed by atoms with Gasteiger partial charge in [0.15, 0.2) is 0 Å². The third-order valence-corrected chi connectivity index (χ3v) is 4.01. The smallest absolute Gasteiger partial charge is 0.316 e.